The second-order valence-corrected chi connectivity index (χ2v) is 9.65. The van der Waals surface area contributed by atoms with Gasteiger partial charge in [0.15, 0.2) is 0 Å². The summed E-state index contributed by atoms with van der Waals surface area (Å²) < 4.78 is 53.9. The van der Waals surface area contributed by atoms with Crippen LogP contribution >= 0.6 is 0 Å². The number of rotatable bonds is 5. The van der Waals surface area contributed by atoms with E-state index in [1.54, 1.807) is 6.07 Å². The molecule has 1 fully saturated rings. The molecule has 5 nitrogen and oxygen atoms in total. The van der Waals surface area contributed by atoms with Gasteiger partial charge < -0.3 is 5.11 Å². The molecule has 0 aromatic heterocycles. The quantitative estimate of drug-likeness (QED) is 0.797. The van der Waals surface area contributed by atoms with E-state index in [0.717, 1.165) is 29.3 Å². The average Bonchev–Trinajstić information content (AvgIpc) is 2.66. The second-order valence-electron chi connectivity index (χ2n) is 7.75. The predicted molar refractivity (Wildman–Crippen MR) is 107 cm³/mol. The molecular formula is C21H26F2N2O3S. The van der Waals surface area contributed by atoms with E-state index in [0.29, 0.717) is 25.6 Å². The molecule has 2 aromatic rings. The molecule has 1 aliphatic rings. The van der Waals surface area contributed by atoms with E-state index in [2.05, 4.69) is 13.8 Å². The Bertz CT molecular complexity index is 1000. The van der Waals surface area contributed by atoms with Crippen LogP contribution in [0, 0.1) is 18.6 Å². The first-order valence-electron chi connectivity index (χ1n) is 9.59. The summed E-state index contributed by atoms with van der Waals surface area (Å²) in [7, 11) is -4.10. The summed E-state index contributed by atoms with van der Waals surface area (Å²) in [5, 5.41) is 10.3. The van der Waals surface area contributed by atoms with Crippen LogP contribution in [-0.4, -0.2) is 48.9 Å². The van der Waals surface area contributed by atoms with Crippen LogP contribution in [0.5, 0.6) is 5.75 Å². The number of benzene rings is 2. The zero-order valence-electron chi connectivity index (χ0n) is 16.8. The van der Waals surface area contributed by atoms with Gasteiger partial charge in [-0.1, -0.05) is 19.9 Å². The zero-order valence-corrected chi connectivity index (χ0v) is 17.6. The van der Waals surface area contributed by atoms with Crippen LogP contribution in [0.15, 0.2) is 35.2 Å². The first-order chi connectivity index (χ1) is 13.6. The molecule has 1 N–H and O–H groups in total. The Kier molecular flexibility index (Phi) is 6.26. The van der Waals surface area contributed by atoms with Crippen LogP contribution in [0.1, 0.15) is 36.5 Å². The maximum Gasteiger partial charge on any atom is 0.246 e. The van der Waals surface area contributed by atoms with Gasteiger partial charge in [0, 0.05) is 38.3 Å². The minimum absolute atomic E-state index is 0.169. The van der Waals surface area contributed by atoms with Gasteiger partial charge in [-0.15, -0.1) is 0 Å². The Morgan fingerprint density at radius 1 is 1.07 bits per heavy atom. The van der Waals surface area contributed by atoms with E-state index in [1.165, 1.54) is 9.87 Å². The predicted octanol–water partition coefficient (Wildman–Crippen LogP) is 3.61. The summed E-state index contributed by atoms with van der Waals surface area (Å²) in [4.78, 5) is 1.41. The fourth-order valence-corrected chi connectivity index (χ4v) is 5.19. The Labute approximate surface area is 170 Å². The van der Waals surface area contributed by atoms with Gasteiger partial charge >= 0.3 is 0 Å². The van der Waals surface area contributed by atoms with Crippen molar-refractivity contribution in [3.8, 4) is 5.75 Å². The van der Waals surface area contributed by atoms with Gasteiger partial charge in [-0.05, 0) is 48.2 Å². The van der Waals surface area contributed by atoms with Gasteiger partial charge in [-0.2, -0.15) is 4.31 Å². The lowest BCUT2D eigenvalue weighted by molar-refractivity contribution is 0.180. The van der Waals surface area contributed by atoms with Crippen molar-refractivity contribution in [2.45, 2.75) is 38.1 Å². The van der Waals surface area contributed by atoms with Crippen molar-refractivity contribution in [2.24, 2.45) is 0 Å². The zero-order chi connectivity index (χ0) is 21.3. The molecule has 1 heterocycles. The molecule has 0 saturated carbocycles. The molecular weight excluding hydrogens is 398 g/mol. The van der Waals surface area contributed by atoms with Crippen molar-refractivity contribution in [1.29, 1.82) is 0 Å². The molecule has 158 valence electrons. The topological polar surface area (TPSA) is 60.9 Å². The van der Waals surface area contributed by atoms with Gasteiger partial charge in [-0.25, -0.2) is 17.2 Å². The fourth-order valence-electron chi connectivity index (χ4n) is 3.69. The van der Waals surface area contributed by atoms with Crippen molar-refractivity contribution in [2.75, 3.05) is 26.2 Å². The monoisotopic (exact) mass is 424 g/mol. The van der Waals surface area contributed by atoms with Crippen LogP contribution in [0.25, 0.3) is 0 Å². The lowest BCUT2D eigenvalue weighted by Crippen LogP contribution is -2.48. The minimum atomic E-state index is -4.10. The Morgan fingerprint density at radius 3 is 2.34 bits per heavy atom. The fraction of sp³-hybridized carbons (Fsp3) is 0.429. The molecule has 1 aliphatic heterocycles. The highest BCUT2D eigenvalue weighted by Gasteiger charge is 2.31. The molecule has 0 spiro atoms. The number of hydrogen-bond acceptors (Lipinski definition) is 4. The van der Waals surface area contributed by atoms with E-state index in [1.807, 2.05) is 17.9 Å². The molecule has 3 rings (SSSR count). The van der Waals surface area contributed by atoms with E-state index >= 15 is 0 Å². The van der Waals surface area contributed by atoms with Crippen molar-refractivity contribution in [3.63, 3.8) is 0 Å². The smallest absolute Gasteiger partial charge is 0.246 e. The average molecular weight is 425 g/mol. The van der Waals surface area contributed by atoms with Crippen LogP contribution in [-0.2, 0) is 16.6 Å². The van der Waals surface area contributed by atoms with Gasteiger partial charge in [0.2, 0.25) is 10.0 Å². The molecule has 2 aromatic carbocycles. The van der Waals surface area contributed by atoms with Crippen LogP contribution < -0.4 is 0 Å². The molecule has 0 amide bonds. The lowest BCUT2D eigenvalue weighted by Gasteiger charge is -2.34. The Balaban J connectivity index is 1.71. The number of phenols is 1. The lowest BCUT2D eigenvalue weighted by atomic mass is 9.95. The highest BCUT2D eigenvalue weighted by atomic mass is 32.2. The molecule has 0 aliphatic carbocycles. The highest BCUT2D eigenvalue weighted by molar-refractivity contribution is 7.89. The number of hydrogen-bond donors (Lipinski definition) is 1. The van der Waals surface area contributed by atoms with E-state index in [4.69, 9.17) is 0 Å². The third-order valence-corrected chi connectivity index (χ3v) is 7.24. The Morgan fingerprint density at radius 2 is 1.72 bits per heavy atom. The number of aryl methyl sites for hydroxylation is 1. The van der Waals surface area contributed by atoms with E-state index in [9.17, 15) is 22.3 Å². The minimum Gasteiger partial charge on any atom is -0.508 e. The largest absolute Gasteiger partial charge is 0.508 e. The summed E-state index contributed by atoms with van der Waals surface area (Å²) in [5.74, 6) is -1.19. The molecule has 0 unspecified atom stereocenters. The maximum atomic E-state index is 14.0. The van der Waals surface area contributed by atoms with Crippen molar-refractivity contribution in [1.82, 2.24) is 9.21 Å². The van der Waals surface area contributed by atoms with Gasteiger partial charge in [0.1, 0.15) is 22.3 Å². The third-order valence-electron chi connectivity index (χ3n) is 5.33. The van der Waals surface area contributed by atoms with Crippen LogP contribution in [0.3, 0.4) is 0 Å². The molecule has 1 saturated heterocycles. The Hall–Kier alpha value is -2.03. The third kappa shape index (κ3) is 4.60. The standard InChI is InChI=1S/C21H26F2N2O3S/c1-14(2)18-11-16(20(26)10-15(18)3)13-24-6-8-25(9-7-24)29(27,28)21-12-17(22)4-5-19(21)23/h4-5,10-12,14,26H,6-9,13H2,1-3H3. The number of nitrogens with zero attached hydrogens (tertiary/aromatic N) is 2. The summed E-state index contributed by atoms with van der Waals surface area (Å²) >= 11 is 0. The number of piperazine rings is 1. The summed E-state index contributed by atoms with van der Waals surface area (Å²) in [6, 6.07) is 6.20. The SMILES string of the molecule is Cc1cc(O)c(CN2CCN(S(=O)(=O)c3cc(F)ccc3F)CC2)cc1C(C)C. The maximum absolute atomic E-state index is 14.0. The van der Waals surface area contributed by atoms with E-state index < -0.39 is 26.6 Å². The molecule has 0 radical (unpaired) electrons. The van der Waals surface area contributed by atoms with Gasteiger partial charge in [-0.3, -0.25) is 4.90 Å². The highest BCUT2D eigenvalue weighted by Crippen LogP contribution is 2.29. The molecule has 0 atom stereocenters. The first-order valence-corrected chi connectivity index (χ1v) is 11.0. The number of sulfonamides is 1. The number of phenolic OH excluding ortho intramolecular Hbond substituents is 1. The van der Waals surface area contributed by atoms with Gasteiger partial charge in [0.25, 0.3) is 0 Å². The van der Waals surface area contributed by atoms with Gasteiger partial charge in [0.05, 0.1) is 0 Å². The van der Waals surface area contributed by atoms with Crippen molar-refractivity contribution in [3.05, 3.63) is 58.7 Å². The number of aromatic hydroxyl groups is 1. The van der Waals surface area contributed by atoms with Crippen LogP contribution in [0.4, 0.5) is 8.78 Å². The summed E-state index contributed by atoms with van der Waals surface area (Å²) in [6.45, 7) is 7.85. The molecule has 0 bridgehead atoms. The van der Waals surface area contributed by atoms with Crippen molar-refractivity contribution < 1.29 is 22.3 Å². The summed E-state index contributed by atoms with van der Waals surface area (Å²) in [5.41, 5.74) is 3.00. The summed E-state index contributed by atoms with van der Waals surface area (Å²) in [6.07, 6.45) is 0. The number of halogens is 2. The van der Waals surface area contributed by atoms with Crippen LogP contribution in [0.2, 0.25) is 0 Å². The normalized spacial score (nSPS) is 16.5. The van der Waals surface area contributed by atoms with E-state index in [-0.39, 0.29) is 18.8 Å². The van der Waals surface area contributed by atoms with Crippen molar-refractivity contribution >= 4 is 10.0 Å². The molecule has 29 heavy (non-hydrogen) atoms. The first kappa shape index (κ1) is 21.7. The molecule has 8 heteroatoms. The second kappa shape index (κ2) is 8.38.